The molecule has 0 aromatic carbocycles. The van der Waals surface area contributed by atoms with Crippen LogP contribution in [-0.4, -0.2) is 36.1 Å². The van der Waals surface area contributed by atoms with Gasteiger partial charge in [-0.05, 0) is 25.7 Å². The summed E-state index contributed by atoms with van der Waals surface area (Å²) in [6, 6.07) is 0. The second-order valence-corrected chi connectivity index (χ2v) is 5.03. The molecule has 6 nitrogen and oxygen atoms in total. The van der Waals surface area contributed by atoms with Gasteiger partial charge in [0, 0.05) is 26.2 Å². The van der Waals surface area contributed by atoms with E-state index in [2.05, 4.69) is 19.8 Å². The van der Waals surface area contributed by atoms with Crippen LogP contribution < -0.4 is 21.3 Å². The number of rotatable bonds is 2. The maximum Gasteiger partial charge on any atom is 0.224 e. The van der Waals surface area contributed by atoms with Crippen molar-refractivity contribution in [3.05, 3.63) is 0 Å². The quantitative estimate of drug-likeness (QED) is 0.807. The molecule has 2 fully saturated rings. The molecule has 4 N–H and O–H groups in total. The van der Waals surface area contributed by atoms with E-state index in [0.29, 0.717) is 11.6 Å². The highest BCUT2D eigenvalue weighted by Crippen LogP contribution is 2.33. The third-order valence-corrected chi connectivity index (χ3v) is 3.73. The van der Waals surface area contributed by atoms with Crippen LogP contribution in [-0.2, 0) is 0 Å². The van der Waals surface area contributed by atoms with Crippen molar-refractivity contribution in [3.63, 3.8) is 0 Å². The molecule has 0 unspecified atom stereocenters. The first-order valence-electron chi connectivity index (χ1n) is 6.68. The van der Waals surface area contributed by atoms with Crippen LogP contribution in [0.4, 0.5) is 23.3 Å². The van der Waals surface area contributed by atoms with E-state index in [4.69, 9.17) is 11.5 Å². The lowest BCUT2D eigenvalue weighted by Crippen LogP contribution is -2.26. The Hall–Kier alpha value is -1.72. The topological polar surface area (TPSA) is 84.3 Å². The van der Waals surface area contributed by atoms with E-state index in [1.165, 1.54) is 25.7 Å². The standard InChI is InChI=1S/C12H20N6/c13-9-10(17-5-1-2-6-17)15-12(14)16-11(9)18-7-3-4-8-18/h1-8,13H2,(H2,14,15,16). The van der Waals surface area contributed by atoms with Gasteiger partial charge in [-0.25, -0.2) is 0 Å². The molecule has 0 spiro atoms. The van der Waals surface area contributed by atoms with Crippen molar-refractivity contribution in [1.82, 2.24) is 9.97 Å². The van der Waals surface area contributed by atoms with Crippen molar-refractivity contribution in [3.8, 4) is 0 Å². The van der Waals surface area contributed by atoms with Crippen molar-refractivity contribution in [2.75, 3.05) is 47.4 Å². The monoisotopic (exact) mass is 248 g/mol. The fourth-order valence-corrected chi connectivity index (χ4v) is 2.80. The van der Waals surface area contributed by atoms with Crippen LogP contribution in [0.25, 0.3) is 0 Å². The minimum absolute atomic E-state index is 0.327. The summed E-state index contributed by atoms with van der Waals surface area (Å²) >= 11 is 0. The lowest BCUT2D eigenvalue weighted by molar-refractivity contribution is 0.905. The number of hydrogen-bond donors (Lipinski definition) is 2. The molecule has 0 saturated carbocycles. The van der Waals surface area contributed by atoms with Crippen molar-refractivity contribution in [2.45, 2.75) is 25.7 Å². The summed E-state index contributed by atoms with van der Waals surface area (Å²) in [7, 11) is 0. The lowest BCUT2D eigenvalue weighted by atomic mass is 10.3. The van der Waals surface area contributed by atoms with Crippen LogP contribution in [0.2, 0.25) is 0 Å². The Morgan fingerprint density at radius 1 is 0.722 bits per heavy atom. The van der Waals surface area contributed by atoms with Crippen molar-refractivity contribution in [2.24, 2.45) is 0 Å². The second kappa shape index (κ2) is 4.51. The van der Waals surface area contributed by atoms with E-state index in [1.54, 1.807) is 0 Å². The van der Waals surface area contributed by atoms with Crippen LogP contribution in [0.15, 0.2) is 0 Å². The number of hydrogen-bond acceptors (Lipinski definition) is 6. The summed E-state index contributed by atoms with van der Waals surface area (Å²) in [6.07, 6.45) is 4.79. The zero-order valence-electron chi connectivity index (χ0n) is 10.6. The van der Waals surface area contributed by atoms with Gasteiger partial charge >= 0.3 is 0 Å². The molecule has 1 aromatic rings. The predicted octanol–water partition coefficient (Wildman–Crippen LogP) is 0.841. The highest BCUT2D eigenvalue weighted by atomic mass is 15.3. The molecule has 0 atom stereocenters. The van der Waals surface area contributed by atoms with Crippen molar-refractivity contribution >= 4 is 23.3 Å². The largest absolute Gasteiger partial charge is 0.393 e. The van der Waals surface area contributed by atoms with Gasteiger partial charge in [-0.1, -0.05) is 0 Å². The molecular formula is C12H20N6. The van der Waals surface area contributed by atoms with Crippen LogP contribution in [0.1, 0.15) is 25.7 Å². The van der Waals surface area contributed by atoms with E-state index in [-0.39, 0.29) is 0 Å². The van der Waals surface area contributed by atoms with Gasteiger partial charge in [0.25, 0.3) is 0 Å². The SMILES string of the molecule is Nc1nc(N2CCCC2)c(N)c(N2CCCC2)n1. The third kappa shape index (κ3) is 1.91. The molecule has 6 heteroatoms. The Morgan fingerprint density at radius 3 is 1.50 bits per heavy atom. The maximum absolute atomic E-state index is 6.25. The van der Waals surface area contributed by atoms with Gasteiger partial charge in [0.05, 0.1) is 0 Å². The van der Waals surface area contributed by atoms with Gasteiger partial charge in [-0.2, -0.15) is 9.97 Å². The van der Waals surface area contributed by atoms with Gasteiger partial charge in [-0.15, -0.1) is 0 Å². The summed E-state index contributed by atoms with van der Waals surface area (Å²) < 4.78 is 0. The van der Waals surface area contributed by atoms with Gasteiger partial charge in [0.1, 0.15) is 5.69 Å². The summed E-state index contributed by atoms with van der Waals surface area (Å²) in [4.78, 5) is 13.1. The van der Waals surface area contributed by atoms with E-state index in [0.717, 1.165) is 37.8 Å². The third-order valence-electron chi connectivity index (χ3n) is 3.73. The first-order valence-corrected chi connectivity index (χ1v) is 6.68. The number of aromatic nitrogens is 2. The molecule has 1 aromatic heterocycles. The van der Waals surface area contributed by atoms with Crippen molar-refractivity contribution < 1.29 is 0 Å². The lowest BCUT2D eigenvalue weighted by Gasteiger charge is -2.24. The van der Waals surface area contributed by atoms with Gasteiger partial charge in [-0.3, -0.25) is 0 Å². The number of anilines is 4. The molecule has 3 heterocycles. The first-order chi connectivity index (χ1) is 8.75. The highest BCUT2D eigenvalue weighted by molar-refractivity contribution is 5.77. The average Bonchev–Trinajstić information content (AvgIpc) is 3.02. The molecule has 3 rings (SSSR count). The Balaban J connectivity index is 1.98. The molecule has 0 radical (unpaired) electrons. The Labute approximate surface area is 107 Å². The number of nitrogens with zero attached hydrogens (tertiary/aromatic N) is 4. The Bertz CT molecular complexity index is 397. The van der Waals surface area contributed by atoms with Gasteiger partial charge < -0.3 is 21.3 Å². The molecule has 0 aliphatic carbocycles. The molecular weight excluding hydrogens is 228 g/mol. The van der Waals surface area contributed by atoms with E-state index < -0.39 is 0 Å². The maximum atomic E-state index is 6.25. The highest BCUT2D eigenvalue weighted by Gasteiger charge is 2.23. The first kappa shape index (κ1) is 11.4. The zero-order chi connectivity index (χ0) is 12.5. The summed E-state index contributed by atoms with van der Waals surface area (Å²) in [6.45, 7) is 4.06. The summed E-state index contributed by atoms with van der Waals surface area (Å²) in [5, 5.41) is 0. The van der Waals surface area contributed by atoms with Crippen LogP contribution in [0, 0.1) is 0 Å². The zero-order valence-corrected chi connectivity index (χ0v) is 10.6. The average molecular weight is 248 g/mol. The molecule has 2 aliphatic heterocycles. The van der Waals surface area contributed by atoms with E-state index >= 15 is 0 Å². The van der Waals surface area contributed by atoms with E-state index in [1.807, 2.05) is 0 Å². The molecule has 2 aliphatic rings. The molecule has 2 saturated heterocycles. The van der Waals surface area contributed by atoms with Crippen LogP contribution in [0.3, 0.4) is 0 Å². The number of nitrogens with two attached hydrogens (primary N) is 2. The minimum atomic E-state index is 0.327. The normalized spacial score (nSPS) is 19.8. The molecule has 18 heavy (non-hydrogen) atoms. The summed E-state index contributed by atoms with van der Waals surface area (Å²) in [5.41, 5.74) is 12.8. The molecule has 0 bridgehead atoms. The molecule has 0 amide bonds. The Morgan fingerprint density at radius 2 is 1.11 bits per heavy atom. The van der Waals surface area contributed by atoms with Crippen molar-refractivity contribution in [1.29, 1.82) is 0 Å². The van der Waals surface area contributed by atoms with Crippen LogP contribution in [0.5, 0.6) is 0 Å². The second-order valence-electron chi connectivity index (χ2n) is 5.03. The van der Waals surface area contributed by atoms with E-state index in [9.17, 15) is 0 Å². The van der Waals surface area contributed by atoms with Gasteiger partial charge in [0.15, 0.2) is 11.6 Å². The Kier molecular flexibility index (Phi) is 2.85. The fraction of sp³-hybridized carbons (Fsp3) is 0.667. The van der Waals surface area contributed by atoms with Gasteiger partial charge in [0.2, 0.25) is 5.95 Å². The predicted molar refractivity (Wildman–Crippen MR) is 73.8 cm³/mol. The fourth-order valence-electron chi connectivity index (χ4n) is 2.80. The van der Waals surface area contributed by atoms with Crippen LogP contribution >= 0.6 is 0 Å². The summed E-state index contributed by atoms with van der Waals surface area (Å²) in [5.74, 6) is 1.97. The number of nitrogen functional groups attached to an aromatic ring is 2. The minimum Gasteiger partial charge on any atom is -0.393 e. The molecule has 98 valence electrons. The smallest absolute Gasteiger partial charge is 0.224 e.